The molecule has 3 aromatic rings. The highest BCUT2D eigenvalue weighted by atomic mass is 32.1. The third-order valence-corrected chi connectivity index (χ3v) is 4.88. The van der Waals surface area contributed by atoms with Crippen molar-refractivity contribution in [3.63, 3.8) is 0 Å². The van der Waals surface area contributed by atoms with E-state index in [1.807, 2.05) is 54.6 Å². The number of pyridine rings is 1. The van der Waals surface area contributed by atoms with Gasteiger partial charge in [0.2, 0.25) is 0 Å². The average molecular weight is 359 g/mol. The van der Waals surface area contributed by atoms with Crippen LogP contribution in [0, 0.1) is 0 Å². The molecular weight excluding hydrogens is 347 g/mol. The van der Waals surface area contributed by atoms with Crippen LogP contribution in [0.4, 0.5) is 18.9 Å². The molecule has 0 radical (unpaired) electrons. The van der Waals surface area contributed by atoms with E-state index < -0.39 is 11.7 Å². The van der Waals surface area contributed by atoms with Gasteiger partial charge in [-0.1, -0.05) is 18.2 Å². The third kappa shape index (κ3) is 2.91. The van der Waals surface area contributed by atoms with E-state index in [4.69, 9.17) is 0 Å². The maximum absolute atomic E-state index is 12.8. The normalized spacial score (nSPS) is 15.8. The number of benzene rings is 1. The summed E-state index contributed by atoms with van der Waals surface area (Å²) in [6.45, 7) is 0. The van der Waals surface area contributed by atoms with Gasteiger partial charge in [-0.25, -0.2) is 9.97 Å². The van der Waals surface area contributed by atoms with Crippen molar-refractivity contribution >= 4 is 39.0 Å². The molecule has 0 aliphatic carbocycles. The van der Waals surface area contributed by atoms with Crippen LogP contribution in [-0.2, 0) is 6.18 Å². The Morgan fingerprint density at radius 1 is 1.20 bits per heavy atom. The minimum absolute atomic E-state index is 0.329. The van der Waals surface area contributed by atoms with Gasteiger partial charge < -0.3 is 4.90 Å². The summed E-state index contributed by atoms with van der Waals surface area (Å²) in [4.78, 5) is 10.2. The molecule has 0 unspecified atom stereocenters. The summed E-state index contributed by atoms with van der Waals surface area (Å²) in [5.41, 5.74) is 2.65. The number of rotatable bonds is 1. The van der Waals surface area contributed by atoms with Crippen molar-refractivity contribution in [2.24, 2.45) is 0 Å². The molecule has 0 atom stereocenters. The molecule has 126 valence electrons. The molecule has 0 saturated carbocycles. The minimum atomic E-state index is -4.40. The van der Waals surface area contributed by atoms with E-state index in [1.165, 1.54) is 11.3 Å². The number of para-hydroxylation sites is 1. The Balaban J connectivity index is 1.78. The van der Waals surface area contributed by atoms with Gasteiger partial charge in [-0.15, -0.1) is 11.3 Å². The first-order valence-corrected chi connectivity index (χ1v) is 8.29. The van der Waals surface area contributed by atoms with Crippen molar-refractivity contribution in [2.45, 2.75) is 6.18 Å². The van der Waals surface area contributed by atoms with Crippen molar-refractivity contribution in [3.05, 3.63) is 64.9 Å². The lowest BCUT2D eigenvalue weighted by Gasteiger charge is -2.23. The number of hydrogen-bond acceptors (Lipinski definition) is 4. The molecule has 1 aromatic carbocycles. The molecule has 4 rings (SSSR count). The number of aromatic nitrogens is 2. The predicted octanol–water partition coefficient (Wildman–Crippen LogP) is 5.21. The first-order chi connectivity index (χ1) is 11.9. The fourth-order valence-electron chi connectivity index (χ4n) is 2.70. The van der Waals surface area contributed by atoms with E-state index in [1.54, 1.807) is 0 Å². The fourth-order valence-corrected chi connectivity index (χ4v) is 3.62. The molecule has 0 amide bonds. The lowest BCUT2D eigenvalue weighted by molar-refractivity contribution is -0.137. The summed E-state index contributed by atoms with van der Waals surface area (Å²) >= 11 is 1.20. The SMILES string of the molecule is CN1C=C/C(=C\c2nc3ncc(C(F)(F)F)cc3s2)c2ccccc21. The number of hydrogen-bond donors (Lipinski definition) is 0. The van der Waals surface area contributed by atoms with Gasteiger partial charge in [-0.05, 0) is 29.9 Å². The maximum atomic E-state index is 12.8. The van der Waals surface area contributed by atoms with Gasteiger partial charge in [-0.3, -0.25) is 0 Å². The molecule has 0 saturated heterocycles. The van der Waals surface area contributed by atoms with Crippen LogP contribution in [0.15, 0.2) is 48.8 Å². The van der Waals surface area contributed by atoms with Crippen molar-refractivity contribution in [1.29, 1.82) is 0 Å². The highest BCUT2D eigenvalue weighted by Crippen LogP contribution is 2.35. The third-order valence-electron chi connectivity index (χ3n) is 3.94. The summed E-state index contributed by atoms with van der Waals surface area (Å²) in [6.07, 6.45) is 2.20. The van der Waals surface area contributed by atoms with Crippen LogP contribution in [0.25, 0.3) is 22.0 Å². The first-order valence-electron chi connectivity index (χ1n) is 7.48. The highest BCUT2D eigenvalue weighted by molar-refractivity contribution is 7.19. The summed E-state index contributed by atoms with van der Waals surface area (Å²) in [6, 6.07) is 9.04. The molecule has 0 spiro atoms. The summed E-state index contributed by atoms with van der Waals surface area (Å²) < 4.78 is 38.9. The number of anilines is 1. The van der Waals surface area contributed by atoms with Gasteiger partial charge in [0, 0.05) is 30.7 Å². The summed E-state index contributed by atoms with van der Waals surface area (Å²) in [5.74, 6) is 0. The first kappa shape index (κ1) is 15.8. The van der Waals surface area contributed by atoms with Gasteiger partial charge in [0.15, 0.2) is 5.65 Å². The molecule has 0 N–H and O–H groups in total. The fraction of sp³-hybridized carbons (Fsp3) is 0.111. The van der Waals surface area contributed by atoms with Crippen LogP contribution in [0.2, 0.25) is 0 Å². The second-order valence-corrected chi connectivity index (χ2v) is 6.70. The zero-order valence-electron chi connectivity index (χ0n) is 13.1. The van der Waals surface area contributed by atoms with E-state index in [0.29, 0.717) is 15.4 Å². The van der Waals surface area contributed by atoms with Gasteiger partial charge in [-0.2, -0.15) is 13.2 Å². The standard InChI is InChI=1S/C18H12F3N3S/c1-24-7-6-11(13-4-2-3-5-14(13)24)8-16-23-17-15(25-16)9-12(10-22-17)18(19,20)21/h2-10H,1H3/b11-8+. The lowest BCUT2D eigenvalue weighted by atomic mass is 10.0. The van der Waals surface area contributed by atoms with E-state index in [9.17, 15) is 13.2 Å². The van der Waals surface area contributed by atoms with Crippen molar-refractivity contribution < 1.29 is 13.2 Å². The van der Waals surface area contributed by atoms with Gasteiger partial charge >= 0.3 is 6.18 Å². The van der Waals surface area contributed by atoms with Crippen LogP contribution >= 0.6 is 11.3 Å². The smallest absolute Gasteiger partial charge is 0.351 e. The highest BCUT2D eigenvalue weighted by Gasteiger charge is 2.31. The topological polar surface area (TPSA) is 29.0 Å². The quantitative estimate of drug-likeness (QED) is 0.597. The molecule has 2 aromatic heterocycles. The second-order valence-electron chi connectivity index (χ2n) is 5.64. The average Bonchev–Trinajstić information content (AvgIpc) is 2.98. The van der Waals surface area contributed by atoms with Gasteiger partial charge in [0.1, 0.15) is 5.01 Å². The molecular formula is C18H12F3N3S. The predicted molar refractivity (Wildman–Crippen MR) is 94.3 cm³/mol. The Kier molecular flexibility index (Phi) is 3.61. The Morgan fingerprint density at radius 3 is 2.80 bits per heavy atom. The molecule has 25 heavy (non-hydrogen) atoms. The van der Waals surface area contributed by atoms with E-state index >= 15 is 0 Å². The molecule has 3 heterocycles. The Bertz CT molecular complexity index is 1020. The molecule has 0 fully saturated rings. The van der Waals surface area contributed by atoms with Gasteiger partial charge in [0.25, 0.3) is 0 Å². The molecule has 0 bridgehead atoms. The molecule has 7 heteroatoms. The number of alkyl halides is 3. The number of thiazole rings is 1. The number of halogens is 3. The van der Waals surface area contributed by atoms with Crippen LogP contribution in [0.1, 0.15) is 16.1 Å². The number of fused-ring (bicyclic) bond motifs is 2. The monoisotopic (exact) mass is 359 g/mol. The Hall–Kier alpha value is -2.67. The van der Waals surface area contributed by atoms with Crippen molar-refractivity contribution in [3.8, 4) is 0 Å². The van der Waals surface area contributed by atoms with E-state index in [2.05, 4.69) is 9.97 Å². The second kappa shape index (κ2) is 5.70. The van der Waals surface area contributed by atoms with Gasteiger partial charge in [0.05, 0.1) is 10.3 Å². The van der Waals surface area contributed by atoms with Crippen molar-refractivity contribution in [1.82, 2.24) is 9.97 Å². The Morgan fingerprint density at radius 2 is 2.00 bits per heavy atom. The molecule has 3 nitrogen and oxygen atoms in total. The Labute approximate surface area is 145 Å². The van der Waals surface area contributed by atoms with Crippen LogP contribution in [0.5, 0.6) is 0 Å². The van der Waals surface area contributed by atoms with E-state index in [0.717, 1.165) is 29.1 Å². The summed E-state index contributed by atoms with van der Waals surface area (Å²) in [7, 11) is 1.96. The van der Waals surface area contributed by atoms with Crippen LogP contribution in [0.3, 0.4) is 0 Å². The van der Waals surface area contributed by atoms with Crippen LogP contribution < -0.4 is 4.90 Å². The summed E-state index contributed by atoms with van der Waals surface area (Å²) in [5, 5.41) is 0.626. The zero-order valence-corrected chi connectivity index (χ0v) is 13.9. The molecule has 1 aliphatic heterocycles. The largest absolute Gasteiger partial charge is 0.417 e. The molecule has 1 aliphatic rings. The minimum Gasteiger partial charge on any atom is -0.351 e. The number of allylic oxidation sites excluding steroid dienone is 2. The lowest BCUT2D eigenvalue weighted by Crippen LogP contribution is -2.13. The van der Waals surface area contributed by atoms with Crippen LogP contribution in [-0.4, -0.2) is 17.0 Å². The van der Waals surface area contributed by atoms with E-state index in [-0.39, 0.29) is 0 Å². The number of nitrogens with zero attached hydrogens (tertiary/aromatic N) is 3. The maximum Gasteiger partial charge on any atom is 0.417 e. The van der Waals surface area contributed by atoms with Crippen molar-refractivity contribution in [2.75, 3.05) is 11.9 Å². The zero-order chi connectivity index (χ0) is 17.6.